The summed E-state index contributed by atoms with van der Waals surface area (Å²) in [5.41, 5.74) is 0. The highest BCUT2D eigenvalue weighted by Gasteiger charge is 2.20. The van der Waals surface area contributed by atoms with Crippen molar-refractivity contribution in [2.75, 3.05) is 18.6 Å². The van der Waals surface area contributed by atoms with Crippen LogP contribution in [0.25, 0.3) is 0 Å². The van der Waals surface area contributed by atoms with Crippen LogP contribution < -0.4 is 10.6 Å². The first-order chi connectivity index (χ1) is 11.6. The molecule has 0 bridgehead atoms. The average molecular weight is 482 g/mol. The van der Waals surface area contributed by atoms with Gasteiger partial charge in [0.05, 0.1) is 6.10 Å². The molecule has 0 amide bonds. The number of hydrogen-bond donors (Lipinski definition) is 3. The average Bonchev–Trinajstić information content (AvgIpc) is 2.90. The smallest absolute Gasteiger partial charge is 0.191 e. The van der Waals surface area contributed by atoms with E-state index in [0.29, 0.717) is 12.6 Å². The van der Waals surface area contributed by atoms with Crippen LogP contribution in [0.3, 0.4) is 0 Å². The van der Waals surface area contributed by atoms with Crippen LogP contribution in [0.5, 0.6) is 0 Å². The molecule has 7 nitrogen and oxygen atoms in total. The van der Waals surface area contributed by atoms with Crippen LogP contribution in [0, 0.1) is 6.92 Å². The number of aryl methyl sites for hydroxylation is 1. The summed E-state index contributed by atoms with van der Waals surface area (Å²) in [5, 5.41) is 24.8. The van der Waals surface area contributed by atoms with Gasteiger partial charge in [-0.1, -0.05) is 0 Å². The summed E-state index contributed by atoms with van der Waals surface area (Å²) in [5.74, 6) is 3.72. The lowest BCUT2D eigenvalue weighted by atomic mass is 9.93. The van der Waals surface area contributed by atoms with E-state index >= 15 is 0 Å². The normalized spacial score (nSPS) is 20.9. The Bertz CT molecular complexity index is 531. The highest BCUT2D eigenvalue weighted by molar-refractivity contribution is 14.0. The zero-order valence-corrected chi connectivity index (χ0v) is 18.5. The second-order valence-corrected chi connectivity index (χ2v) is 7.30. The lowest BCUT2D eigenvalue weighted by Crippen LogP contribution is -2.45. The summed E-state index contributed by atoms with van der Waals surface area (Å²) in [6, 6.07) is 0.376. The minimum atomic E-state index is -0.139. The number of hydrogen-bond acceptors (Lipinski definition) is 5. The molecule has 0 atom stereocenters. The van der Waals surface area contributed by atoms with Crippen LogP contribution in [-0.4, -0.2) is 56.5 Å². The number of rotatable bonds is 7. The Morgan fingerprint density at radius 3 is 2.64 bits per heavy atom. The molecule has 2 rings (SSSR count). The van der Waals surface area contributed by atoms with E-state index in [1.165, 1.54) is 0 Å². The highest BCUT2D eigenvalue weighted by Crippen LogP contribution is 2.18. The lowest BCUT2D eigenvalue weighted by molar-refractivity contribution is 0.120. The van der Waals surface area contributed by atoms with Crippen molar-refractivity contribution >= 4 is 41.7 Å². The number of guanidine groups is 1. The second-order valence-electron chi connectivity index (χ2n) is 6.31. The molecule has 1 saturated carbocycles. The van der Waals surface area contributed by atoms with Gasteiger partial charge in [-0.2, -0.15) is 11.8 Å². The van der Waals surface area contributed by atoms with Crippen molar-refractivity contribution in [2.24, 2.45) is 12.0 Å². The van der Waals surface area contributed by atoms with Crippen LogP contribution in [-0.2, 0) is 13.6 Å². The highest BCUT2D eigenvalue weighted by atomic mass is 127. The van der Waals surface area contributed by atoms with E-state index in [9.17, 15) is 5.11 Å². The quantitative estimate of drug-likeness (QED) is 0.238. The maximum Gasteiger partial charge on any atom is 0.191 e. The zero-order chi connectivity index (χ0) is 17.4. The largest absolute Gasteiger partial charge is 0.393 e. The van der Waals surface area contributed by atoms with Gasteiger partial charge < -0.3 is 20.3 Å². The minimum Gasteiger partial charge on any atom is -0.393 e. The number of aromatic nitrogens is 3. The van der Waals surface area contributed by atoms with Crippen LogP contribution in [0.15, 0.2) is 4.99 Å². The summed E-state index contributed by atoms with van der Waals surface area (Å²) < 4.78 is 1.96. The minimum absolute atomic E-state index is 0. The van der Waals surface area contributed by atoms with Gasteiger partial charge in [0.15, 0.2) is 11.8 Å². The molecule has 0 saturated heterocycles. The van der Waals surface area contributed by atoms with Crippen molar-refractivity contribution in [3.63, 3.8) is 0 Å². The topological polar surface area (TPSA) is 87.4 Å². The standard InChI is InChI=1S/C16H30N6OS.HI/c1-12-20-21-15(22(12)2)11-18-16(17-9-4-10-24-3)19-13-5-7-14(23)8-6-13;/h13-14,23H,4-11H2,1-3H3,(H2,17,18,19);1H. The summed E-state index contributed by atoms with van der Waals surface area (Å²) >= 11 is 1.85. The number of nitrogens with one attached hydrogen (secondary N) is 2. The number of halogens is 1. The third-order valence-corrected chi connectivity index (χ3v) is 5.11. The number of aliphatic hydroxyl groups excluding tert-OH is 1. The van der Waals surface area contributed by atoms with Crippen LogP contribution in [0.4, 0.5) is 0 Å². The Balaban J connectivity index is 0.00000312. The van der Waals surface area contributed by atoms with E-state index in [1.54, 1.807) is 0 Å². The molecule has 1 aliphatic rings. The maximum atomic E-state index is 9.65. The molecule has 25 heavy (non-hydrogen) atoms. The van der Waals surface area contributed by atoms with E-state index in [1.807, 2.05) is 30.3 Å². The van der Waals surface area contributed by atoms with Gasteiger partial charge in [-0.3, -0.25) is 0 Å². The van der Waals surface area contributed by atoms with E-state index < -0.39 is 0 Å². The van der Waals surface area contributed by atoms with Crippen molar-refractivity contribution in [1.29, 1.82) is 0 Å². The van der Waals surface area contributed by atoms with Gasteiger partial charge in [-0.25, -0.2) is 4.99 Å². The predicted molar refractivity (Wildman–Crippen MR) is 115 cm³/mol. The van der Waals surface area contributed by atoms with Crippen molar-refractivity contribution < 1.29 is 5.11 Å². The van der Waals surface area contributed by atoms with Gasteiger partial charge in [0.1, 0.15) is 12.4 Å². The Morgan fingerprint density at radius 1 is 1.32 bits per heavy atom. The first kappa shape index (κ1) is 22.5. The molecule has 1 fully saturated rings. The van der Waals surface area contributed by atoms with Gasteiger partial charge in [0.25, 0.3) is 0 Å². The van der Waals surface area contributed by atoms with Crippen molar-refractivity contribution in [3.8, 4) is 0 Å². The summed E-state index contributed by atoms with van der Waals surface area (Å²) in [6.45, 7) is 3.35. The molecule has 1 aromatic rings. The third-order valence-electron chi connectivity index (χ3n) is 4.42. The predicted octanol–water partition coefficient (Wildman–Crippen LogP) is 1.83. The Hall–Kier alpha value is -0.550. The van der Waals surface area contributed by atoms with E-state index in [2.05, 4.69) is 32.1 Å². The molecule has 0 spiro atoms. The maximum absolute atomic E-state index is 9.65. The van der Waals surface area contributed by atoms with E-state index in [4.69, 9.17) is 0 Å². The molecule has 0 unspecified atom stereocenters. The molecule has 0 aromatic carbocycles. The summed E-state index contributed by atoms with van der Waals surface area (Å²) in [4.78, 5) is 4.68. The molecule has 3 N–H and O–H groups in total. The second kappa shape index (κ2) is 11.9. The van der Waals surface area contributed by atoms with E-state index in [0.717, 1.165) is 62.0 Å². The summed E-state index contributed by atoms with van der Waals surface area (Å²) in [6.07, 6.45) is 6.77. The zero-order valence-electron chi connectivity index (χ0n) is 15.4. The fourth-order valence-electron chi connectivity index (χ4n) is 2.73. The SMILES string of the molecule is CSCCCNC(=NCc1nnc(C)n1C)NC1CCC(O)CC1.I. The molecular weight excluding hydrogens is 451 g/mol. The van der Waals surface area contributed by atoms with Crippen LogP contribution >= 0.6 is 35.7 Å². The third kappa shape index (κ3) is 7.69. The molecule has 1 aromatic heterocycles. The molecule has 9 heteroatoms. The first-order valence-electron chi connectivity index (χ1n) is 8.67. The van der Waals surface area contributed by atoms with Gasteiger partial charge in [0, 0.05) is 19.6 Å². The first-order valence-corrected chi connectivity index (χ1v) is 10.1. The Kier molecular flexibility index (Phi) is 10.7. The van der Waals surface area contributed by atoms with Gasteiger partial charge >= 0.3 is 0 Å². The fourth-order valence-corrected chi connectivity index (χ4v) is 3.16. The van der Waals surface area contributed by atoms with Gasteiger partial charge in [-0.05, 0) is 51.0 Å². The van der Waals surface area contributed by atoms with Crippen LogP contribution in [0.1, 0.15) is 43.8 Å². The molecule has 1 aliphatic carbocycles. The fraction of sp³-hybridized carbons (Fsp3) is 0.812. The Morgan fingerprint density at radius 2 is 2.04 bits per heavy atom. The molecule has 0 radical (unpaired) electrons. The van der Waals surface area contributed by atoms with Crippen LogP contribution in [0.2, 0.25) is 0 Å². The molecule has 144 valence electrons. The lowest BCUT2D eigenvalue weighted by Gasteiger charge is -2.27. The van der Waals surface area contributed by atoms with E-state index in [-0.39, 0.29) is 30.1 Å². The number of nitrogens with zero attached hydrogens (tertiary/aromatic N) is 4. The van der Waals surface area contributed by atoms with Gasteiger partial charge in [0.2, 0.25) is 0 Å². The van der Waals surface area contributed by atoms with Crippen molar-refractivity contribution in [3.05, 3.63) is 11.6 Å². The monoisotopic (exact) mass is 482 g/mol. The van der Waals surface area contributed by atoms with Gasteiger partial charge in [-0.15, -0.1) is 34.2 Å². The number of aliphatic imine (C=N–C) groups is 1. The molecule has 1 heterocycles. The number of thioether (sulfide) groups is 1. The van der Waals surface area contributed by atoms with Crippen molar-refractivity contribution in [2.45, 2.75) is 57.7 Å². The molecular formula is C16H31IN6OS. The summed E-state index contributed by atoms with van der Waals surface area (Å²) in [7, 11) is 1.96. The Labute approximate surface area is 171 Å². The molecule has 0 aliphatic heterocycles. The number of aliphatic hydroxyl groups is 1. The van der Waals surface area contributed by atoms with Crippen molar-refractivity contribution in [1.82, 2.24) is 25.4 Å².